The Morgan fingerprint density at radius 2 is 1.96 bits per heavy atom. The van der Waals surface area contributed by atoms with Crippen molar-refractivity contribution in [2.24, 2.45) is 5.92 Å². The van der Waals surface area contributed by atoms with E-state index in [1.54, 1.807) is 7.11 Å². The van der Waals surface area contributed by atoms with Gasteiger partial charge < -0.3 is 4.74 Å². The van der Waals surface area contributed by atoms with Crippen LogP contribution in [0.1, 0.15) is 34.3 Å². The van der Waals surface area contributed by atoms with Crippen molar-refractivity contribution in [3.05, 3.63) is 71.3 Å². The van der Waals surface area contributed by atoms with Crippen molar-refractivity contribution in [2.75, 3.05) is 26.7 Å². The molecule has 2 aromatic carbocycles. The average Bonchev–Trinajstić information content (AvgIpc) is 2.71. The zero-order valence-electron chi connectivity index (χ0n) is 15.3. The monoisotopic (exact) mass is 347 g/mol. The fourth-order valence-corrected chi connectivity index (χ4v) is 4.10. The molecule has 26 heavy (non-hydrogen) atoms. The average molecular weight is 347 g/mol. The van der Waals surface area contributed by atoms with E-state index in [1.807, 2.05) is 18.2 Å². The minimum atomic E-state index is 0.113. The summed E-state index contributed by atoms with van der Waals surface area (Å²) in [5.74, 6) is 1.25. The third-order valence-electron chi connectivity index (χ3n) is 5.63. The Labute approximate surface area is 155 Å². The normalized spacial score (nSPS) is 20.4. The molecule has 1 atom stereocenters. The molecule has 0 N–H and O–H groups in total. The summed E-state index contributed by atoms with van der Waals surface area (Å²) in [7, 11) is 1.67. The van der Waals surface area contributed by atoms with Crippen LogP contribution in [-0.4, -0.2) is 37.4 Å². The quantitative estimate of drug-likeness (QED) is 0.829. The lowest BCUT2D eigenvalue weighted by molar-refractivity contribution is 0.0863. The molecule has 3 nitrogen and oxygen atoms in total. The van der Waals surface area contributed by atoms with E-state index in [0.717, 1.165) is 55.8 Å². The maximum atomic E-state index is 12.9. The first kappa shape index (κ1) is 17.0. The molecule has 1 heterocycles. The first-order valence-electron chi connectivity index (χ1n) is 9.42. The number of hydrogen-bond acceptors (Lipinski definition) is 3. The largest absolute Gasteiger partial charge is 0.497 e. The van der Waals surface area contributed by atoms with E-state index >= 15 is 0 Å². The standard InChI is InChI=1S/C23H25NO2/c1-26-21-9-10-22-19(15-21)7-8-20(23(22)25)16-24-13-11-18(12-14-24)17-5-3-2-4-6-17/h2-6,9-11,15,20H,7-8,12-14,16H2,1H3. The summed E-state index contributed by atoms with van der Waals surface area (Å²) >= 11 is 0. The molecule has 2 aliphatic rings. The van der Waals surface area contributed by atoms with Gasteiger partial charge in [-0.05, 0) is 54.2 Å². The number of methoxy groups -OCH3 is 1. The number of carbonyl (C=O) groups excluding carboxylic acids is 1. The number of hydrogen-bond donors (Lipinski definition) is 0. The van der Waals surface area contributed by atoms with Crippen molar-refractivity contribution in [2.45, 2.75) is 19.3 Å². The highest BCUT2D eigenvalue weighted by Crippen LogP contribution is 2.30. The summed E-state index contributed by atoms with van der Waals surface area (Å²) in [5, 5.41) is 0. The molecule has 0 spiro atoms. The van der Waals surface area contributed by atoms with E-state index in [2.05, 4.69) is 41.3 Å². The summed E-state index contributed by atoms with van der Waals surface area (Å²) in [6.07, 6.45) is 5.27. The van der Waals surface area contributed by atoms with Gasteiger partial charge in [0.25, 0.3) is 0 Å². The van der Waals surface area contributed by atoms with Gasteiger partial charge in [0.05, 0.1) is 7.11 Å². The van der Waals surface area contributed by atoms with Gasteiger partial charge in [-0.15, -0.1) is 0 Å². The number of rotatable bonds is 4. The van der Waals surface area contributed by atoms with Crippen molar-refractivity contribution >= 4 is 11.4 Å². The number of Topliss-reactive ketones (excluding diaryl/α,β-unsaturated/α-hetero) is 1. The molecule has 2 aromatic rings. The van der Waals surface area contributed by atoms with Gasteiger partial charge in [0, 0.05) is 31.1 Å². The molecular weight excluding hydrogens is 322 g/mol. The van der Waals surface area contributed by atoms with Crippen LogP contribution in [0, 0.1) is 5.92 Å². The van der Waals surface area contributed by atoms with Gasteiger partial charge in [0.15, 0.2) is 5.78 Å². The fourth-order valence-electron chi connectivity index (χ4n) is 4.10. The first-order chi connectivity index (χ1) is 12.7. The minimum absolute atomic E-state index is 0.113. The molecule has 0 saturated carbocycles. The number of carbonyl (C=O) groups is 1. The van der Waals surface area contributed by atoms with Crippen LogP contribution >= 0.6 is 0 Å². The maximum Gasteiger partial charge on any atom is 0.167 e. The predicted molar refractivity (Wildman–Crippen MR) is 105 cm³/mol. The lowest BCUT2D eigenvalue weighted by Gasteiger charge is -2.32. The third-order valence-corrected chi connectivity index (χ3v) is 5.63. The number of ketones is 1. The van der Waals surface area contributed by atoms with Crippen LogP contribution in [-0.2, 0) is 6.42 Å². The van der Waals surface area contributed by atoms with Gasteiger partial charge in [-0.1, -0.05) is 36.4 Å². The van der Waals surface area contributed by atoms with E-state index in [1.165, 1.54) is 11.1 Å². The molecule has 0 radical (unpaired) electrons. The first-order valence-corrected chi connectivity index (χ1v) is 9.42. The Morgan fingerprint density at radius 1 is 1.12 bits per heavy atom. The summed E-state index contributed by atoms with van der Waals surface area (Å²) in [6, 6.07) is 16.4. The van der Waals surface area contributed by atoms with Gasteiger partial charge in [0.1, 0.15) is 5.75 Å². The molecule has 3 heteroatoms. The molecule has 0 bridgehead atoms. The highest BCUT2D eigenvalue weighted by Gasteiger charge is 2.29. The molecule has 4 rings (SSSR count). The number of nitrogens with zero attached hydrogens (tertiary/aromatic N) is 1. The van der Waals surface area contributed by atoms with Crippen LogP contribution in [0.2, 0.25) is 0 Å². The Kier molecular flexibility index (Phi) is 4.89. The smallest absolute Gasteiger partial charge is 0.167 e. The number of fused-ring (bicyclic) bond motifs is 1. The predicted octanol–water partition coefficient (Wildman–Crippen LogP) is 4.23. The molecule has 0 saturated heterocycles. The summed E-state index contributed by atoms with van der Waals surface area (Å²) in [4.78, 5) is 15.3. The molecule has 0 aromatic heterocycles. The Morgan fingerprint density at radius 3 is 2.69 bits per heavy atom. The van der Waals surface area contributed by atoms with E-state index in [9.17, 15) is 4.79 Å². The van der Waals surface area contributed by atoms with Gasteiger partial charge in [0.2, 0.25) is 0 Å². The SMILES string of the molecule is COc1ccc2c(c1)CCC(CN1CC=C(c3ccccc3)CC1)C2=O. The van der Waals surface area contributed by atoms with Crippen molar-refractivity contribution < 1.29 is 9.53 Å². The second-order valence-electron chi connectivity index (χ2n) is 7.23. The second kappa shape index (κ2) is 7.46. The molecule has 0 fully saturated rings. The van der Waals surface area contributed by atoms with Gasteiger partial charge in [-0.2, -0.15) is 0 Å². The van der Waals surface area contributed by atoms with Crippen LogP contribution in [0.5, 0.6) is 5.75 Å². The number of benzene rings is 2. The highest BCUT2D eigenvalue weighted by molar-refractivity contribution is 6.00. The maximum absolute atomic E-state index is 12.9. The summed E-state index contributed by atoms with van der Waals surface area (Å²) in [5.41, 5.74) is 4.77. The molecule has 1 aliphatic carbocycles. The molecule has 1 aliphatic heterocycles. The lowest BCUT2D eigenvalue weighted by atomic mass is 9.82. The van der Waals surface area contributed by atoms with Crippen LogP contribution in [0.4, 0.5) is 0 Å². The summed E-state index contributed by atoms with van der Waals surface area (Å²) < 4.78 is 5.28. The van der Waals surface area contributed by atoms with Crippen LogP contribution < -0.4 is 4.74 Å². The number of aryl methyl sites for hydroxylation is 1. The van der Waals surface area contributed by atoms with Crippen LogP contribution in [0.25, 0.3) is 5.57 Å². The molecular formula is C23H25NO2. The zero-order valence-corrected chi connectivity index (χ0v) is 15.3. The fraction of sp³-hybridized carbons (Fsp3) is 0.348. The zero-order chi connectivity index (χ0) is 17.9. The van der Waals surface area contributed by atoms with E-state index in [0.29, 0.717) is 5.78 Å². The number of ether oxygens (including phenoxy) is 1. The lowest BCUT2D eigenvalue weighted by Crippen LogP contribution is -2.37. The van der Waals surface area contributed by atoms with Gasteiger partial charge in [-0.3, -0.25) is 9.69 Å². The third kappa shape index (κ3) is 3.45. The van der Waals surface area contributed by atoms with E-state index in [4.69, 9.17) is 4.74 Å². The second-order valence-corrected chi connectivity index (χ2v) is 7.23. The topological polar surface area (TPSA) is 29.5 Å². The Hall–Kier alpha value is -2.39. The van der Waals surface area contributed by atoms with Crippen molar-refractivity contribution in [1.29, 1.82) is 0 Å². The molecule has 1 unspecified atom stereocenters. The van der Waals surface area contributed by atoms with Gasteiger partial charge >= 0.3 is 0 Å². The Balaban J connectivity index is 1.41. The molecule has 0 amide bonds. The van der Waals surface area contributed by atoms with Crippen molar-refractivity contribution in [3.63, 3.8) is 0 Å². The van der Waals surface area contributed by atoms with E-state index in [-0.39, 0.29) is 5.92 Å². The van der Waals surface area contributed by atoms with Crippen molar-refractivity contribution in [1.82, 2.24) is 4.90 Å². The Bertz CT molecular complexity index is 825. The van der Waals surface area contributed by atoms with Crippen LogP contribution in [0.15, 0.2) is 54.6 Å². The minimum Gasteiger partial charge on any atom is -0.497 e. The summed E-state index contributed by atoms with van der Waals surface area (Å²) in [6.45, 7) is 2.83. The molecule has 134 valence electrons. The van der Waals surface area contributed by atoms with Crippen molar-refractivity contribution in [3.8, 4) is 5.75 Å². The highest BCUT2D eigenvalue weighted by atomic mass is 16.5. The van der Waals surface area contributed by atoms with Gasteiger partial charge in [-0.25, -0.2) is 0 Å². The van der Waals surface area contributed by atoms with Crippen LogP contribution in [0.3, 0.4) is 0 Å². The van der Waals surface area contributed by atoms with E-state index < -0.39 is 0 Å².